The number of rotatable bonds is 4. The topological polar surface area (TPSA) is 70.5 Å². The van der Waals surface area contributed by atoms with Crippen molar-refractivity contribution in [2.24, 2.45) is 0 Å². The number of aromatic nitrogens is 2. The van der Waals surface area contributed by atoms with Crippen LogP contribution in [0.1, 0.15) is 25.3 Å². The lowest BCUT2D eigenvalue weighted by Crippen LogP contribution is -2.61. The molecule has 4 aromatic rings. The van der Waals surface area contributed by atoms with E-state index >= 15 is 8.78 Å². The molecule has 0 saturated carbocycles. The predicted octanol–water partition coefficient (Wildman–Crippen LogP) is 4.95. The molecule has 2 bridgehead atoms. The van der Waals surface area contributed by atoms with Crippen LogP contribution in [0.3, 0.4) is 0 Å². The van der Waals surface area contributed by atoms with Gasteiger partial charge in [-0.2, -0.15) is 9.97 Å². The number of aryl methyl sites for hydroxylation is 1. The van der Waals surface area contributed by atoms with E-state index in [1.165, 1.54) is 19.2 Å². The first kappa shape index (κ1) is 22.0. The van der Waals surface area contributed by atoms with Gasteiger partial charge in [0.25, 0.3) is 0 Å². The SMILES string of the molecule is CCc1cccc2cc(O)cc(-c3c(F)cc4c(N5CC6CCC5CN6)nc(OC)nc4c3F)c12. The summed E-state index contributed by atoms with van der Waals surface area (Å²) >= 11 is 0. The van der Waals surface area contributed by atoms with Gasteiger partial charge in [-0.3, -0.25) is 0 Å². The monoisotopic (exact) mass is 476 g/mol. The Bertz CT molecular complexity index is 1470. The van der Waals surface area contributed by atoms with Gasteiger partial charge in [0.1, 0.15) is 22.9 Å². The second-order valence-corrected chi connectivity index (χ2v) is 9.33. The van der Waals surface area contributed by atoms with Gasteiger partial charge in [0.15, 0.2) is 5.82 Å². The summed E-state index contributed by atoms with van der Waals surface area (Å²) in [6.45, 7) is 3.50. The van der Waals surface area contributed by atoms with Gasteiger partial charge in [-0.05, 0) is 59.4 Å². The maximum Gasteiger partial charge on any atom is 0.318 e. The summed E-state index contributed by atoms with van der Waals surface area (Å²) in [5.74, 6) is -1.08. The van der Waals surface area contributed by atoms with E-state index in [1.54, 1.807) is 6.07 Å². The Morgan fingerprint density at radius 3 is 2.71 bits per heavy atom. The first-order valence-corrected chi connectivity index (χ1v) is 12.0. The number of piperazine rings is 1. The highest BCUT2D eigenvalue weighted by Crippen LogP contribution is 2.42. The molecule has 3 aliphatic rings. The Morgan fingerprint density at radius 2 is 2.03 bits per heavy atom. The summed E-state index contributed by atoms with van der Waals surface area (Å²) in [4.78, 5) is 11.0. The molecule has 2 N–H and O–H groups in total. The molecule has 6 nitrogen and oxygen atoms in total. The molecular formula is C27H26F2N4O2. The van der Waals surface area contributed by atoms with E-state index in [4.69, 9.17) is 4.74 Å². The van der Waals surface area contributed by atoms with Crippen molar-refractivity contribution in [1.29, 1.82) is 0 Å². The third-order valence-electron chi connectivity index (χ3n) is 7.34. The summed E-state index contributed by atoms with van der Waals surface area (Å²) in [5.41, 5.74) is 1.03. The van der Waals surface area contributed by atoms with Crippen molar-refractivity contribution in [3.8, 4) is 22.9 Å². The molecule has 1 aromatic heterocycles. The average molecular weight is 477 g/mol. The average Bonchev–Trinajstić information content (AvgIpc) is 2.88. The highest BCUT2D eigenvalue weighted by Gasteiger charge is 2.36. The van der Waals surface area contributed by atoms with Crippen LogP contribution in [0.4, 0.5) is 14.6 Å². The maximum atomic E-state index is 16.3. The molecule has 3 fully saturated rings. The first-order chi connectivity index (χ1) is 17.0. The van der Waals surface area contributed by atoms with E-state index in [2.05, 4.69) is 20.2 Å². The molecule has 3 saturated heterocycles. The van der Waals surface area contributed by atoms with Crippen LogP contribution in [-0.4, -0.2) is 47.4 Å². The molecule has 0 spiro atoms. The van der Waals surface area contributed by atoms with E-state index in [0.717, 1.165) is 30.3 Å². The zero-order valence-electron chi connectivity index (χ0n) is 19.6. The Balaban J connectivity index is 1.63. The first-order valence-electron chi connectivity index (χ1n) is 12.0. The third kappa shape index (κ3) is 3.46. The van der Waals surface area contributed by atoms with Gasteiger partial charge in [-0.1, -0.05) is 25.1 Å². The zero-order valence-corrected chi connectivity index (χ0v) is 19.6. The number of aromatic hydroxyl groups is 1. The van der Waals surface area contributed by atoms with Crippen LogP contribution in [-0.2, 0) is 6.42 Å². The number of piperidine rings is 2. The van der Waals surface area contributed by atoms with Gasteiger partial charge in [0, 0.05) is 30.6 Å². The van der Waals surface area contributed by atoms with Crippen LogP contribution in [0.2, 0.25) is 0 Å². The molecule has 0 amide bonds. The maximum absolute atomic E-state index is 16.3. The van der Waals surface area contributed by atoms with E-state index in [0.29, 0.717) is 41.2 Å². The highest BCUT2D eigenvalue weighted by molar-refractivity contribution is 6.03. The molecule has 0 aliphatic carbocycles. The van der Waals surface area contributed by atoms with Crippen LogP contribution in [0.15, 0.2) is 36.4 Å². The lowest BCUT2D eigenvalue weighted by atomic mass is 9.91. The number of benzene rings is 3. The standard InChI is InChI=1S/C27H26F2N4O2/c1-3-14-5-4-6-15-9-18(34)10-19(22(14)15)23-21(28)11-20-25(24(23)29)31-27(35-2)32-26(20)33-13-16-7-8-17(33)12-30-16/h4-6,9-11,16-17,30,34H,3,7-8,12-13H2,1-2H3. The smallest absolute Gasteiger partial charge is 0.318 e. The lowest BCUT2D eigenvalue weighted by molar-refractivity contribution is 0.288. The number of phenols is 1. The minimum atomic E-state index is -0.792. The van der Waals surface area contributed by atoms with Crippen molar-refractivity contribution in [3.63, 3.8) is 0 Å². The Hall–Kier alpha value is -3.52. The Labute approximate surface area is 201 Å². The molecule has 2 unspecified atom stereocenters. The number of phenolic OH excluding ortho intramolecular Hbond substituents is 1. The van der Waals surface area contributed by atoms with Crippen LogP contribution in [0.5, 0.6) is 11.8 Å². The van der Waals surface area contributed by atoms with Crippen LogP contribution < -0.4 is 15.0 Å². The molecule has 7 rings (SSSR count). The number of fused-ring (bicyclic) bond motifs is 5. The molecule has 4 heterocycles. The number of hydrogen-bond donors (Lipinski definition) is 2. The van der Waals surface area contributed by atoms with E-state index in [1.807, 2.05) is 25.1 Å². The van der Waals surface area contributed by atoms with Gasteiger partial charge >= 0.3 is 6.01 Å². The van der Waals surface area contributed by atoms with Gasteiger partial charge in [-0.15, -0.1) is 0 Å². The van der Waals surface area contributed by atoms with E-state index in [9.17, 15) is 5.11 Å². The summed E-state index contributed by atoms with van der Waals surface area (Å²) in [7, 11) is 1.44. The lowest BCUT2D eigenvalue weighted by Gasteiger charge is -2.46. The largest absolute Gasteiger partial charge is 0.508 e. The molecule has 3 aliphatic heterocycles. The number of nitrogens with zero attached hydrogens (tertiary/aromatic N) is 3. The number of halogens is 2. The van der Waals surface area contributed by atoms with Gasteiger partial charge < -0.3 is 20.1 Å². The summed E-state index contributed by atoms with van der Waals surface area (Å²) in [6, 6.07) is 10.5. The second-order valence-electron chi connectivity index (χ2n) is 9.33. The van der Waals surface area contributed by atoms with Crippen molar-refractivity contribution in [2.75, 3.05) is 25.1 Å². The van der Waals surface area contributed by atoms with E-state index in [-0.39, 0.29) is 28.9 Å². The number of ether oxygens (including phenoxy) is 1. The highest BCUT2D eigenvalue weighted by atomic mass is 19.1. The van der Waals surface area contributed by atoms with Crippen LogP contribution in [0, 0.1) is 11.6 Å². The Kier molecular flexibility index (Phi) is 5.21. The number of nitrogens with one attached hydrogen (secondary N) is 1. The third-order valence-corrected chi connectivity index (χ3v) is 7.34. The van der Waals surface area contributed by atoms with Crippen LogP contribution in [0.25, 0.3) is 32.8 Å². The van der Waals surface area contributed by atoms with Gasteiger partial charge in [0.05, 0.1) is 12.7 Å². The number of anilines is 1. The van der Waals surface area contributed by atoms with Crippen molar-refractivity contribution < 1.29 is 18.6 Å². The summed E-state index contributed by atoms with van der Waals surface area (Å²) in [5, 5.41) is 15.6. The Morgan fingerprint density at radius 1 is 1.17 bits per heavy atom. The van der Waals surface area contributed by atoms with Gasteiger partial charge in [-0.25, -0.2) is 8.78 Å². The number of hydrogen-bond acceptors (Lipinski definition) is 6. The molecule has 8 heteroatoms. The van der Waals surface area contributed by atoms with Crippen molar-refractivity contribution >= 4 is 27.5 Å². The van der Waals surface area contributed by atoms with Crippen molar-refractivity contribution in [1.82, 2.24) is 15.3 Å². The quantitative estimate of drug-likeness (QED) is 0.435. The molecular weight excluding hydrogens is 450 g/mol. The summed E-state index contributed by atoms with van der Waals surface area (Å²) < 4.78 is 37.4. The fraction of sp³-hybridized carbons (Fsp3) is 0.333. The minimum Gasteiger partial charge on any atom is -0.508 e. The zero-order chi connectivity index (χ0) is 24.3. The van der Waals surface area contributed by atoms with Crippen LogP contribution >= 0.6 is 0 Å². The summed E-state index contributed by atoms with van der Waals surface area (Å²) in [6.07, 6.45) is 2.74. The predicted molar refractivity (Wildman–Crippen MR) is 132 cm³/mol. The molecule has 0 radical (unpaired) electrons. The second kappa shape index (κ2) is 8.30. The fourth-order valence-corrected chi connectivity index (χ4v) is 5.67. The van der Waals surface area contributed by atoms with Crippen molar-refractivity contribution in [3.05, 3.63) is 53.6 Å². The molecule has 180 valence electrons. The molecule has 3 aromatic carbocycles. The minimum absolute atomic E-state index is 0.00290. The van der Waals surface area contributed by atoms with Crippen molar-refractivity contribution in [2.45, 2.75) is 38.3 Å². The van der Waals surface area contributed by atoms with E-state index < -0.39 is 11.6 Å². The fourth-order valence-electron chi connectivity index (χ4n) is 5.67. The number of methoxy groups -OCH3 is 1. The molecule has 2 atom stereocenters. The normalized spacial score (nSPS) is 19.6. The van der Waals surface area contributed by atoms with Gasteiger partial charge in [0.2, 0.25) is 0 Å². The molecule has 35 heavy (non-hydrogen) atoms.